The molecule has 24 heavy (non-hydrogen) atoms. The zero-order valence-electron chi connectivity index (χ0n) is 12.8. The molecule has 3 aromatic rings. The summed E-state index contributed by atoms with van der Waals surface area (Å²) >= 11 is 0. The van der Waals surface area contributed by atoms with Gasteiger partial charge in [0.05, 0.1) is 25.4 Å². The zero-order chi connectivity index (χ0) is 17.3. The Morgan fingerprint density at radius 3 is 2.50 bits per heavy atom. The number of methoxy groups -OCH3 is 2. The Morgan fingerprint density at radius 1 is 1.12 bits per heavy atom. The van der Waals surface area contributed by atoms with Crippen molar-refractivity contribution in [2.75, 3.05) is 18.9 Å². The minimum Gasteiger partial charge on any atom is -0.493 e. The fraction of sp³-hybridized carbons (Fsp3) is 0.143. The first-order valence-electron chi connectivity index (χ1n) is 6.67. The van der Waals surface area contributed by atoms with Crippen LogP contribution in [0, 0.1) is 0 Å². The molecule has 2 aromatic heterocycles. The summed E-state index contributed by atoms with van der Waals surface area (Å²) in [6.07, 6.45) is 2.76. The molecule has 0 aliphatic heterocycles. The second kappa shape index (κ2) is 5.98. The van der Waals surface area contributed by atoms with Crippen LogP contribution in [-0.4, -0.2) is 32.6 Å². The van der Waals surface area contributed by atoms with Gasteiger partial charge in [-0.05, 0) is 6.07 Å². The molecule has 0 unspecified atom stereocenters. The number of anilines is 1. The van der Waals surface area contributed by atoms with E-state index in [0.717, 1.165) is 0 Å². The van der Waals surface area contributed by atoms with Gasteiger partial charge in [0, 0.05) is 23.1 Å². The van der Waals surface area contributed by atoms with Crippen molar-refractivity contribution in [3.63, 3.8) is 0 Å². The second-order valence-electron chi connectivity index (χ2n) is 4.79. The molecule has 0 aliphatic carbocycles. The van der Waals surface area contributed by atoms with Crippen LogP contribution in [0.2, 0.25) is 0 Å². The van der Waals surface area contributed by atoms with E-state index in [9.17, 15) is 8.42 Å². The number of hydrogen-bond acceptors (Lipinski definition) is 7. The molecule has 126 valence electrons. The molecule has 0 saturated heterocycles. The number of rotatable bonds is 5. The number of fused-ring (bicyclic) bond motifs is 1. The molecule has 2 heterocycles. The topological polar surface area (TPSA) is 130 Å². The summed E-state index contributed by atoms with van der Waals surface area (Å²) < 4.78 is 39.9. The lowest BCUT2D eigenvalue weighted by atomic mass is 10.1. The smallest absolute Gasteiger partial charge is 0.298 e. The summed E-state index contributed by atoms with van der Waals surface area (Å²) in [5, 5.41) is 5.61. The van der Waals surface area contributed by atoms with E-state index in [0.29, 0.717) is 33.7 Å². The largest absolute Gasteiger partial charge is 0.493 e. The van der Waals surface area contributed by atoms with Crippen molar-refractivity contribution < 1.29 is 22.3 Å². The Bertz CT molecular complexity index is 1000. The van der Waals surface area contributed by atoms with Crippen LogP contribution in [0.15, 0.2) is 35.2 Å². The molecule has 3 rings (SSSR count). The van der Waals surface area contributed by atoms with E-state index in [1.165, 1.54) is 32.9 Å². The quantitative estimate of drug-likeness (QED) is 0.713. The number of benzene rings is 1. The molecule has 0 saturated carbocycles. The lowest BCUT2D eigenvalue weighted by Crippen LogP contribution is -2.21. The lowest BCUT2D eigenvalue weighted by molar-refractivity contribution is 0.356. The highest BCUT2D eigenvalue weighted by molar-refractivity contribution is 7.90. The third-order valence-electron chi connectivity index (χ3n) is 3.26. The van der Waals surface area contributed by atoms with Crippen LogP contribution in [0.3, 0.4) is 0 Å². The molecular weight excluding hydrogens is 336 g/mol. The molecule has 0 radical (unpaired) electrons. The average molecular weight is 350 g/mol. The van der Waals surface area contributed by atoms with Gasteiger partial charge in [-0.3, -0.25) is 0 Å². The average Bonchev–Trinajstić information content (AvgIpc) is 2.99. The first kappa shape index (κ1) is 16.0. The van der Waals surface area contributed by atoms with E-state index < -0.39 is 10.2 Å². The molecule has 0 fully saturated rings. The van der Waals surface area contributed by atoms with E-state index in [-0.39, 0.29) is 5.88 Å². The van der Waals surface area contributed by atoms with Gasteiger partial charge in [0.15, 0.2) is 11.5 Å². The van der Waals surface area contributed by atoms with E-state index in [1.807, 2.05) is 0 Å². The number of aromatic nitrogens is 2. The third-order valence-corrected chi connectivity index (χ3v) is 3.74. The molecule has 0 amide bonds. The van der Waals surface area contributed by atoms with Crippen molar-refractivity contribution in [2.24, 2.45) is 5.14 Å². The Morgan fingerprint density at radius 2 is 1.83 bits per heavy atom. The third kappa shape index (κ3) is 3.09. The highest BCUT2D eigenvalue weighted by atomic mass is 32.2. The van der Waals surface area contributed by atoms with Crippen LogP contribution in [0.25, 0.3) is 22.2 Å². The van der Waals surface area contributed by atoms with E-state index in [1.54, 1.807) is 12.1 Å². The standard InChI is InChI=1S/C14H14N4O5S/c1-21-11-4-9-10(5-12(11)22-2)16-7-17-14(9)8-3-13(23-6-8)18-24(15,19)20/h3-7,18H,1-2H3,(H2,15,19,20). The summed E-state index contributed by atoms with van der Waals surface area (Å²) in [6.45, 7) is 0. The molecule has 3 N–H and O–H groups in total. The van der Waals surface area contributed by atoms with Crippen molar-refractivity contribution in [1.82, 2.24) is 9.97 Å². The Balaban J connectivity index is 2.13. The van der Waals surface area contributed by atoms with Gasteiger partial charge < -0.3 is 13.9 Å². The van der Waals surface area contributed by atoms with Crippen molar-refractivity contribution in [1.29, 1.82) is 0 Å². The number of furan rings is 1. The van der Waals surface area contributed by atoms with Gasteiger partial charge in [0.2, 0.25) is 5.88 Å². The predicted octanol–water partition coefficient (Wildman–Crippen LogP) is 1.52. The van der Waals surface area contributed by atoms with Crippen LogP contribution in [-0.2, 0) is 10.2 Å². The van der Waals surface area contributed by atoms with Crippen LogP contribution >= 0.6 is 0 Å². The summed E-state index contributed by atoms with van der Waals surface area (Å²) in [4.78, 5) is 8.45. The van der Waals surface area contributed by atoms with E-state index in [4.69, 9.17) is 19.0 Å². The maximum absolute atomic E-state index is 11.1. The highest BCUT2D eigenvalue weighted by Crippen LogP contribution is 2.36. The SMILES string of the molecule is COc1cc2ncnc(-c3coc(NS(N)(=O)=O)c3)c2cc1OC. The summed E-state index contributed by atoms with van der Waals surface area (Å²) in [5.74, 6) is 1.05. The van der Waals surface area contributed by atoms with Gasteiger partial charge >= 0.3 is 0 Å². The first-order chi connectivity index (χ1) is 11.4. The molecule has 0 bridgehead atoms. The van der Waals surface area contributed by atoms with Gasteiger partial charge in [-0.15, -0.1) is 0 Å². The number of nitrogens with one attached hydrogen (secondary N) is 1. The van der Waals surface area contributed by atoms with Crippen LogP contribution in [0.4, 0.5) is 5.88 Å². The zero-order valence-corrected chi connectivity index (χ0v) is 13.6. The molecule has 10 heteroatoms. The lowest BCUT2D eigenvalue weighted by Gasteiger charge is -2.10. The Kier molecular flexibility index (Phi) is 3.99. The van der Waals surface area contributed by atoms with Crippen molar-refractivity contribution in [3.05, 3.63) is 30.8 Å². The minimum absolute atomic E-state index is 0.0141. The fourth-order valence-corrected chi connectivity index (χ4v) is 2.65. The maximum Gasteiger partial charge on any atom is 0.298 e. The summed E-state index contributed by atoms with van der Waals surface area (Å²) in [7, 11) is -0.860. The Hall–Kier alpha value is -2.85. The number of ether oxygens (including phenoxy) is 2. The predicted molar refractivity (Wildman–Crippen MR) is 87.1 cm³/mol. The van der Waals surface area contributed by atoms with Crippen molar-refractivity contribution >= 4 is 27.0 Å². The van der Waals surface area contributed by atoms with Crippen LogP contribution in [0.5, 0.6) is 11.5 Å². The summed E-state index contributed by atoms with van der Waals surface area (Å²) in [6, 6.07) is 4.94. The maximum atomic E-state index is 11.1. The monoisotopic (exact) mass is 350 g/mol. The van der Waals surface area contributed by atoms with E-state index in [2.05, 4.69) is 14.7 Å². The first-order valence-corrected chi connectivity index (χ1v) is 8.22. The van der Waals surface area contributed by atoms with Crippen molar-refractivity contribution in [2.45, 2.75) is 0 Å². The molecule has 0 spiro atoms. The molecule has 9 nitrogen and oxygen atoms in total. The Labute approximate surface area is 137 Å². The second-order valence-corrected chi connectivity index (χ2v) is 6.09. The van der Waals surface area contributed by atoms with Gasteiger partial charge in [0.25, 0.3) is 10.2 Å². The molecular formula is C14H14N4O5S. The van der Waals surface area contributed by atoms with Crippen LogP contribution in [0.1, 0.15) is 0 Å². The molecule has 0 aliphatic rings. The number of nitrogens with zero attached hydrogens (tertiary/aromatic N) is 2. The number of nitrogens with two attached hydrogens (primary N) is 1. The van der Waals surface area contributed by atoms with E-state index >= 15 is 0 Å². The van der Waals surface area contributed by atoms with Gasteiger partial charge in [-0.1, -0.05) is 0 Å². The highest BCUT2D eigenvalue weighted by Gasteiger charge is 2.15. The van der Waals surface area contributed by atoms with Crippen LogP contribution < -0.4 is 19.3 Å². The van der Waals surface area contributed by atoms with Crippen molar-refractivity contribution in [3.8, 4) is 22.8 Å². The fourth-order valence-electron chi connectivity index (χ4n) is 2.27. The minimum atomic E-state index is -3.92. The van der Waals surface area contributed by atoms with Gasteiger partial charge in [-0.2, -0.15) is 8.42 Å². The molecule has 1 aromatic carbocycles. The van der Waals surface area contributed by atoms with Gasteiger partial charge in [-0.25, -0.2) is 19.8 Å². The van der Waals surface area contributed by atoms with Gasteiger partial charge in [0.1, 0.15) is 12.6 Å². The number of hydrogen-bond donors (Lipinski definition) is 2. The summed E-state index contributed by atoms with van der Waals surface area (Å²) in [5.41, 5.74) is 1.74. The normalized spacial score (nSPS) is 11.5. The molecule has 0 atom stereocenters.